The Morgan fingerprint density at radius 3 is 2.53 bits per heavy atom. The van der Waals surface area contributed by atoms with E-state index in [2.05, 4.69) is 27.0 Å². The predicted molar refractivity (Wildman–Crippen MR) is 138 cm³/mol. The molecule has 3 atom stereocenters. The minimum atomic E-state index is -0.890. The largest absolute Gasteiger partial charge is 0.497 e. The molecule has 1 fully saturated rings. The number of carbonyl (C=O) groups excluding carboxylic acids is 3. The Morgan fingerprint density at radius 1 is 1.28 bits per heavy atom. The highest BCUT2D eigenvalue weighted by molar-refractivity contribution is 6.35. The smallest absolute Gasteiger partial charge is 0.268 e. The quantitative estimate of drug-likeness (QED) is 0.425. The van der Waals surface area contributed by atoms with Crippen LogP contribution in [0.15, 0.2) is 18.2 Å². The molecule has 2 unspecified atom stereocenters. The van der Waals surface area contributed by atoms with Crippen LogP contribution in [-0.4, -0.2) is 47.4 Å². The van der Waals surface area contributed by atoms with Crippen molar-refractivity contribution in [2.24, 2.45) is 11.3 Å². The monoisotopic (exact) mass is 515 g/mol. The average Bonchev–Trinajstić information content (AvgIpc) is 3.31. The highest BCUT2D eigenvalue weighted by atomic mass is 35.5. The number of rotatable bonds is 8. The minimum absolute atomic E-state index is 0.122. The van der Waals surface area contributed by atoms with Crippen LogP contribution in [-0.2, 0) is 9.59 Å². The third kappa shape index (κ3) is 6.70. The van der Waals surface area contributed by atoms with Crippen LogP contribution in [0.4, 0.5) is 0 Å². The minimum Gasteiger partial charge on any atom is -0.497 e. The Bertz CT molecular complexity index is 1210. The van der Waals surface area contributed by atoms with Gasteiger partial charge in [-0.3, -0.25) is 14.4 Å². The van der Waals surface area contributed by atoms with Crippen molar-refractivity contribution < 1.29 is 19.1 Å². The molecule has 9 nitrogen and oxygen atoms in total. The van der Waals surface area contributed by atoms with Gasteiger partial charge in [-0.2, -0.15) is 5.26 Å². The van der Waals surface area contributed by atoms with Crippen molar-refractivity contribution in [2.45, 2.75) is 71.5 Å². The number of nitrogens with zero attached hydrogens (tertiary/aromatic N) is 1. The summed E-state index contributed by atoms with van der Waals surface area (Å²) in [6.07, 6.45) is 1.13. The van der Waals surface area contributed by atoms with Crippen LogP contribution in [0, 0.1) is 22.7 Å². The number of methoxy groups -OCH3 is 1. The molecule has 10 heteroatoms. The van der Waals surface area contributed by atoms with Crippen LogP contribution < -0.4 is 20.7 Å². The van der Waals surface area contributed by atoms with Crippen molar-refractivity contribution in [3.8, 4) is 11.8 Å². The van der Waals surface area contributed by atoms with E-state index in [9.17, 15) is 19.6 Å². The Morgan fingerprint density at radius 2 is 1.97 bits per heavy atom. The van der Waals surface area contributed by atoms with E-state index in [1.165, 1.54) is 7.11 Å². The van der Waals surface area contributed by atoms with Gasteiger partial charge in [0.2, 0.25) is 11.8 Å². The summed E-state index contributed by atoms with van der Waals surface area (Å²) in [7, 11) is 1.53. The number of hydrogen-bond acceptors (Lipinski definition) is 5. The van der Waals surface area contributed by atoms with E-state index in [1.54, 1.807) is 18.2 Å². The van der Waals surface area contributed by atoms with Crippen molar-refractivity contribution in [1.82, 2.24) is 20.9 Å². The number of halogens is 1. The van der Waals surface area contributed by atoms with Gasteiger partial charge in [0.1, 0.15) is 23.5 Å². The normalized spacial score (nSPS) is 18.7. The van der Waals surface area contributed by atoms with E-state index in [4.69, 9.17) is 16.3 Å². The third-order valence-electron chi connectivity index (χ3n) is 6.15. The van der Waals surface area contributed by atoms with Crippen molar-refractivity contribution in [2.75, 3.05) is 7.11 Å². The standard InChI is InChI=1S/C26H34ClN5O4/c1-25(2,3)12-20(24(35)29-16(13-28)7-15-11-26(4,5)32-22(15)33)31-23(34)19-9-14-8-17(36-6)10-18(27)21(14)30-19/h8-10,15-16,20,30H,7,11-12H2,1-6H3,(H,29,35)(H,31,34)(H,32,33)/t15?,16-,20?/m0/s1. The van der Waals surface area contributed by atoms with Gasteiger partial charge in [-0.05, 0) is 50.7 Å². The van der Waals surface area contributed by atoms with Crippen LogP contribution >= 0.6 is 11.6 Å². The number of aromatic amines is 1. The zero-order chi connectivity index (χ0) is 26.8. The lowest BCUT2D eigenvalue weighted by Gasteiger charge is -2.27. The molecule has 2 heterocycles. The zero-order valence-corrected chi connectivity index (χ0v) is 22.3. The summed E-state index contributed by atoms with van der Waals surface area (Å²) in [6.45, 7) is 9.73. The van der Waals surface area contributed by atoms with Gasteiger partial charge < -0.3 is 25.7 Å². The van der Waals surface area contributed by atoms with Gasteiger partial charge in [-0.25, -0.2) is 0 Å². The fourth-order valence-corrected chi connectivity index (χ4v) is 4.82. The maximum atomic E-state index is 13.2. The van der Waals surface area contributed by atoms with E-state index in [-0.39, 0.29) is 34.9 Å². The third-order valence-corrected chi connectivity index (χ3v) is 6.45. The molecule has 0 spiro atoms. The van der Waals surface area contributed by atoms with E-state index >= 15 is 0 Å². The van der Waals surface area contributed by atoms with Gasteiger partial charge >= 0.3 is 0 Å². The van der Waals surface area contributed by atoms with Gasteiger partial charge in [0, 0.05) is 22.9 Å². The van der Waals surface area contributed by atoms with Crippen LogP contribution in [0.1, 0.15) is 64.4 Å². The van der Waals surface area contributed by atoms with Crippen molar-refractivity contribution in [1.29, 1.82) is 5.26 Å². The van der Waals surface area contributed by atoms with Crippen molar-refractivity contribution in [3.05, 3.63) is 28.9 Å². The lowest BCUT2D eigenvalue weighted by atomic mass is 9.87. The number of benzene rings is 1. The first-order chi connectivity index (χ1) is 16.7. The van der Waals surface area contributed by atoms with Crippen molar-refractivity contribution in [3.63, 3.8) is 0 Å². The van der Waals surface area contributed by atoms with E-state index < -0.39 is 23.9 Å². The number of nitrogens with one attached hydrogen (secondary N) is 4. The summed E-state index contributed by atoms with van der Waals surface area (Å²) < 4.78 is 5.23. The summed E-state index contributed by atoms with van der Waals surface area (Å²) >= 11 is 6.31. The fraction of sp³-hybridized carbons (Fsp3) is 0.538. The molecule has 1 saturated heterocycles. The lowest BCUT2D eigenvalue weighted by Crippen LogP contribution is -2.51. The van der Waals surface area contributed by atoms with Crippen molar-refractivity contribution >= 4 is 40.2 Å². The molecule has 0 saturated carbocycles. The maximum absolute atomic E-state index is 13.2. The first-order valence-electron chi connectivity index (χ1n) is 11.9. The van der Waals surface area contributed by atoms with Gasteiger partial charge in [0.05, 0.1) is 23.7 Å². The second kappa shape index (κ2) is 10.4. The molecule has 4 N–H and O–H groups in total. The molecular weight excluding hydrogens is 482 g/mol. The summed E-state index contributed by atoms with van der Waals surface area (Å²) in [5, 5.41) is 19.2. The van der Waals surface area contributed by atoms with E-state index in [0.717, 1.165) is 0 Å². The molecule has 1 aromatic carbocycles. The number of hydrogen-bond donors (Lipinski definition) is 4. The van der Waals surface area contributed by atoms with Gasteiger partial charge in [-0.1, -0.05) is 32.4 Å². The highest BCUT2D eigenvalue weighted by Crippen LogP contribution is 2.30. The molecule has 0 bridgehead atoms. The maximum Gasteiger partial charge on any atom is 0.268 e. The molecule has 1 aliphatic heterocycles. The Hall–Kier alpha value is -3.25. The molecule has 0 aliphatic carbocycles. The molecule has 194 valence electrons. The number of nitriles is 1. The average molecular weight is 516 g/mol. The van der Waals surface area contributed by atoms with Crippen LogP contribution in [0.25, 0.3) is 10.9 Å². The SMILES string of the molecule is COc1cc(Cl)c2[nH]c(C(=O)NC(CC(C)(C)C)C(=O)N[C@H](C#N)CC3CC(C)(C)NC3=O)cc2c1. The van der Waals surface area contributed by atoms with E-state index in [1.807, 2.05) is 34.6 Å². The number of ether oxygens (including phenoxy) is 1. The first kappa shape index (κ1) is 27.3. The predicted octanol–water partition coefficient (Wildman–Crippen LogP) is 3.68. The first-order valence-corrected chi connectivity index (χ1v) is 12.3. The molecular formula is C26H34ClN5O4. The lowest BCUT2D eigenvalue weighted by molar-refractivity contribution is -0.125. The number of carbonyl (C=O) groups is 3. The summed E-state index contributed by atoms with van der Waals surface area (Å²) in [5.41, 5.74) is 0.195. The number of amides is 3. The molecule has 1 aromatic heterocycles. The van der Waals surface area contributed by atoms with Gasteiger partial charge in [0.15, 0.2) is 0 Å². The number of aromatic nitrogens is 1. The molecule has 1 aliphatic rings. The van der Waals surface area contributed by atoms with Crippen LogP contribution in [0.5, 0.6) is 5.75 Å². The summed E-state index contributed by atoms with van der Waals surface area (Å²) in [6, 6.07) is 5.38. The fourth-order valence-electron chi connectivity index (χ4n) is 4.56. The molecule has 3 amide bonds. The van der Waals surface area contributed by atoms with Crippen LogP contribution in [0.2, 0.25) is 5.02 Å². The number of fused-ring (bicyclic) bond motifs is 1. The van der Waals surface area contributed by atoms with Gasteiger partial charge in [-0.15, -0.1) is 0 Å². The Kier molecular flexibility index (Phi) is 7.89. The Balaban J connectivity index is 1.75. The highest BCUT2D eigenvalue weighted by Gasteiger charge is 2.39. The Labute approximate surface area is 216 Å². The zero-order valence-electron chi connectivity index (χ0n) is 21.5. The van der Waals surface area contributed by atoms with E-state index in [0.29, 0.717) is 34.5 Å². The summed E-state index contributed by atoms with van der Waals surface area (Å²) in [4.78, 5) is 41.6. The summed E-state index contributed by atoms with van der Waals surface area (Å²) in [5.74, 6) is -0.878. The second-order valence-corrected chi connectivity index (χ2v) is 11.7. The van der Waals surface area contributed by atoms with Gasteiger partial charge in [0.25, 0.3) is 5.91 Å². The molecule has 2 aromatic rings. The second-order valence-electron chi connectivity index (χ2n) is 11.2. The molecule has 0 radical (unpaired) electrons. The number of H-pyrrole nitrogens is 1. The van der Waals surface area contributed by atoms with Crippen LogP contribution in [0.3, 0.4) is 0 Å². The molecule has 3 rings (SSSR count). The topological polar surface area (TPSA) is 136 Å². The molecule has 36 heavy (non-hydrogen) atoms.